The van der Waals surface area contributed by atoms with Crippen molar-refractivity contribution >= 4 is 11.9 Å². The maximum Gasteiger partial charge on any atom is 0.0429 e. The van der Waals surface area contributed by atoms with E-state index < -0.39 is 0 Å². The fraction of sp³-hybridized carbons (Fsp3) is 0.500. The van der Waals surface area contributed by atoms with Crippen LogP contribution in [0.4, 0.5) is 5.69 Å². The minimum absolute atomic E-state index is 0.950. The van der Waals surface area contributed by atoms with Crippen molar-refractivity contribution in [2.24, 2.45) is 0 Å². The monoisotopic (exact) mass is 222 g/mol. The lowest BCUT2D eigenvalue weighted by molar-refractivity contribution is 0.979. The van der Waals surface area contributed by atoms with Crippen LogP contribution in [0.25, 0.3) is 0 Å². The normalized spacial score (nSPS) is 7.81. The van der Waals surface area contributed by atoms with Crippen LogP contribution in [0.5, 0.6) is 0 Å². The van der Waals surface area contributed by atoms with E-state index in [0.717, 1.165) is 24.2 Å². The third kappa shape index (κ3) is 7.04. The smallest absolute Gasteiger partial charge is 0.0429 e. The molecule has 2 heteroatoms. The third-order valence-electron chi connectivity index (χ3n) is 1.68. The van der Waals surface area contributed by atoms with Gasteiger partial charge in [0.1, 0.15) is 0 Å². The number of benzene rings is 1. The minimum Gasteiger partial charge on any atom is -0.385 e. The van der Waals surface area contributed by atoms with E-state index in [1.165, 1.54) is 6.21 Å². The van der Waals surface area contributed by atoms with Gasteiger partial charge in [-0.2, -0.15) is 0 Å². The van der Waals surface area contributed by atoms with Gasteiger partial charge in [-0.05, 0) is 12.5 Å². The molecule has 1 rings (SSSR count). The number of anilines is 1. The van der Waals surface area contributed by atoms with E-state index in [4.69, 9.17) is 5.41 Å². The molecule has 0 amide bonds. The highest BCUT2D eigenvalue weighted by atomic mass is 14.9. The molecule has 0 fully saturated rings. The van der Waals surface area contributed by atoms with Crippen LogP contribution in [0, 0.1) is 5.41 Å². The summed E-state index contributed by atoms with van der Waals surface area (Å²) in [5.74, 6) is 0. The van der Waals surface area contributed by atoms with E-state index in [1.54, 1.807) is 0 Å². The molecule has 2 N–H and O–H groups in total. The standard InChI is InChI=1S/C10H14N2.2C2H6/c1-2-7-12-10-6-4-3-5-9(10)8-11;2*1-2/h3-6,8,11-12H,2,7H2,1H3;2*1-2H3. The van der Waals surface area contributed by atoms with Crippen molar-refractivity contribution in [3.8, 4) is 0 Å². The summed E-state index contributed by atoms with van der Waals surface area (Å²) in [6, 6.07) is 7.85. The Bertz CT molecular complexity index is 257. The largest absolute Gasteiger partial charge is 0.385 e. The lowest BCUT2D eigenvalue weighted by Crippen LogP contribution is -2.01. The van der Waals surface area contributed by atoms with Crippen molar-refractivity contribution in [2.75, 3.05) is 11.9 Å². The maximum absolute atomic E-state index is 7.16. The van der Waals surface area contributed by atoms with E-state index in [0.29, 0.717) is 0 Å². The molecular formula is C14H26N2. The van der Waals surface area contributed by atoms with Crippen LogP contribution in [0.3, 0.4) is 0 Å². The third-order valence-corrected chi connectivity index (χ3v) is 1.68. The fourth-order valence-electron chi connectivity index (χ4n) is 1.04. The Balaban J connectivity index is 0. The van der Waals surface area contributed by atoms with E-state index in [2.05, 4.69) is 12.2 Å². The SMILES string of the molecule is CC.CC.CCCNc1ccccc1C=N. The van der Waals surface area contributed by atoms with Gasteiger partial charge in [0.25, 0.3) is 0 Å². The van der Waals surface area contributed by atoms with Gasteiger partial charge in [-0.3, -0.25) is 0 Å². The Morgan fingerprint density at radius 1 is 1.12 bits per heavy atom. The van der Waals surface area contributed by atoms with Crippen LogP contribution in [0.15, 0.2) is 24.3 Å². The quantitative estimate of drug-likeness (QED) is 0.720. The average molecular weight is 222 g/mol. The molecule has 0 spiro atoms. The van der Waals surface area contributed by atoms with Crippen molar-refractivity contribution in [2.45, 2.75) is 41.0 Å². The number of nitrogens with one attached hydrogen (secondary N) is 2. The van der Waals surface area contributed by atoms with Crippen molar-refractivity contribution in [1.29, 1.82) is 5.41 Å². The van der Waals surface area contributed by atoms with Crippen LogP contribution < -0.4 is 5.32 Å². The lowest BCUT2D eigenvalue weighted by Gasteiger charge is -2.06. The van der Waals surface area contributed by atoms with Gasteiger partial charge in [-0.15, -0.1) is 0 Å². The van der Waals surface area contributed by atoms with Gasteiger partial charge in [0.15, 0.2) is 0 Å². The first-order chi connectivity index (χ1) is 7.88. The van der Waals surface area contributed by atoms with Crippen LogP contribution in [0.1, 0.15) is 46.6 Å². The molecule has 0 aliphatic rings. The van der Waals surface area contributed by atoms with E-state index in [1.807, 2.05) is 52.0 Å². The summed E-state index contributed by atoms with van der Waals surface area (Å²) in [4.78, 5) is 0. The van der Waals surface area contributed by atoms with Crippen LogP contribution in [-0.2, 0) is 0 Å². The first-order valence-corrected chi connectivity index (χ1v) is 6.22. The van der Waals surface area contributed by atoms with Crippen LogP contribution in [-0.4, -0.2) is 12.8 Å². The zero-order chi connectivity index (χ0) is 12.8. The van der Waals surface area contributed by atoms with Crippen LogP contribution in [0.2, 0.25) is 0 Å². The lowest BCUT2D eigenvalue weighted by atomic mass is 10.2. The molecule has 0 aliphatic carbocycles. The van der Waals surface area contributed by atoms with Crippen molar-refractivity contribution < 1.29 is 0 Å². The van der Waals surface area contributed by atoms with Gasteiger partial charge < -0.3 is 10.7 Å². The van der Waals surface area contributed by atoms with Crippen molar-refractivity contribution in [3.63, 3.8) is 0 Å². The zero-order valence-electron chi connectivity index (χ0n) is 11.3. The molecule has 0 saturated carbocycles. The van der Waals surface area contributed by atoms with Gasteiger partial charge >= 0.3 is 0 Å². The van der Waals surface area contributed by atoms with Crippen molar-refractivity contribution in [1.82, 2.24) is 0 Å². The molecule has 0 saturated heterocycles. The van der Waals surface area contributed by atoms with Gasteiger partial charge in [-0.25, -0.2) is 0 Å². The predicted molar refractivity (Wildman–Crippen MR) is 75.8 cm³/mol. The minimum atomic E-state index is 0.950. The van der Waals surface area contributed by atoms with Gasteiger partial charge in [0.2, 0.25) is 0 Å². The molecule has 92 valence electrons. The first kappa shape index (κ1) is 17.1. The highest BCUT2D eigenvalue weighted by molar-refractivity contribution is 5.85. The second kappa shape index (κ2) is 13.7. The van der Waals surface area contributed by atoms with Crippen molar-refractivity contribution in [3.05, 3.63) is 29.8 Å². The predicted octanol–water partition coefficient (Wildman–Crippen LogP) is 4.56. The number of rotatable bonds is 4. The molecule has 0 atom stereocenters. The summed E-state index contributed by atoms with van der Waals surface area (Å²) in [5, 5.41) is 10.4. The summed E-state index contributed by atoms with van der Waals surface area (Å²) in [6.45, 7) is 11.1. The summed E-state index contributed by atoms with van der Waals surface area (Å²) < 4.78 is 0. The molecule has 0 aliphatic heterocycles. The van der Waals surface area contributed by atoms with Gasteiger partial charge in [0.05, 0.1) is 0 Å². The fourth-order valence-corrected chi connectivity index (χ4v) is 1.04. The zero-order valence-corrected chi connectivity index (χ0v) is 11.3. The number of hydrogen-bond donors (Lipinski definition) is 2. The molecule has 0 unspecified atom stereocenters. The summed E-state index contributed by atoms with van der Waals surface area (Å²) in [6.07, 6.45) is 2.48. The topological polar surface area (TPSA) is 35.9 Å². The molecule has 1 aromatic rings. The van der Waals surface area contributed by atoms with Crippen LogP contribution >= 0.6 is 0 Å². The highest BCUT2D eigenvalue weighted by Gasteiger charge is 1.95. The summed E-state index contributed by atoms with van der Waals surface area (Å²) in [5.41, 5.74) is 2.00. The van der Waals surface area contributed by atoms with Gasteiger partial charge in [-0.1, -0.05) is 52.8 Å². The molecule has 2 nitrogen and oxygen atoms in total. The number of hydrogen-bond acceptors (Lipinski definition) is 2. The second-order valence-electron chi connectivity index (χ2n) is 2.66. The molecule has 0 radical (unpaired) electrons. The average Bonchev–Trinajstić information content (AvgIpc) is 2.41. The van der Waals surface area contributed by atoms with E-state index in [-0.39, 0.29) is 0 Å². The highest BCUT2D eigenvalue weighted by Crippen LogP contribution is 2.11. The first-order valence-electron chi connectivity index (χ1n) is 6.22. The van der Waals surface area contributed by atoms with E-state index in [9.17, 15) is 0 Å². The molecule has 0 heterocycles. The number of para-hydroxylation sites is 1. The Morgan fingerprint density at radius 3 is 2.19 bits per heavy atom. The molecule has 0 aromatic heterocycles. The summed E-state index contributed by atoms with van der Waals surface area (Å²) in [7, 11) is 0. The molecule has 1 aromatic carbocycles. The Labute approximate surface area is 101 Å². The Kier molecular flexibility index (Phi) is 14.6. The maximum atomic E-state index is 7.16. The molecule has 16 heavy (non-hydrogen) atoms. The van der Waals surface area contributed by atoms with E-state index >= 15 is 0 Å². The summed E-state index contributed by atoms with van der Waals surface area (Å²) >= 11 is 0. The Morgan fingerprint density at radius 2 is 1.69 bits per heavy atom. The van der Waals surface area contributed by atoms with Gasteiger partial charge in [0, 0.05) is 24.0 Å². The molecule has 0 bridgehead atoms. The second-order valence-corrected chi connectivity index (χ2v) is 2.66. The Hall–Kier alpha value is -1.31. The molecular weight excluding hydrogens is 196 g/mol.